The summed E-state index contributed by atoms with van der Waals surface area (Å²) in [6.07, 6.45) is 1.20. The molecule has 3 aliphatic heterocycles. The van der Waals surface area contributed by atoms with Crippen molar-refractivity contribution in [1.29, 1.82) is 0 Å². The van der Waals surface area contributed by atoms with Crippen LogP contribution in [0.3, 0.4) is 0 Å². The molecule has 1 aromatic carbocycles. The van der Waals surface area contributed by atoms with Crippen molar-refractivity contribution in [2.24, 2.45) is 5.92 Å². The second-order valence-electron chi connectivity index (χ2n) is 9.13. The molecule has 5 amide bonds. The van der Waals surface area contributed by atoms with Crippen molar-refractivity contribution in [2.45, 2.75) is 51.4 Å². The van der Waals surface area contributed by atoms with E-state index in [0.29, 0.717) is 50.4 Å². The van der Waals surface area contributed by atoms with Crippen LogP contribution in [0, 0.1) is 11.7 Å². The van der Waals surface area contributed by atoms with E-state index in [1.807, 2.05) is 18.7 Å². The molecule has 3 aliphatic rings. The molecule has 0 spiro atoms. The summed E-state index contributed by atoms with van der Waals surface area (Å²) in [5, 5.41) is 7.75. The summed E-state index contributed by atoms with van der Waals surface area (Å²) in [6.45, 7) is 7.75. The summed E-state index contributed by atoms with van der Waals surface area (Å²) >= 11 is 0. The van der Waals surface area contributed by atoms with Gasteiger partial charge >= 0.3 is 12.1 Å². The van der Waals surface area contributed by atoms with Crippen LogP contribution >= 0.6 is 0 Å². The lowest BCUT2D eigenvalue weighted by atomic mass is 9.79. The highest BCUT2D eigenvalue weighted by Gasteiger charge is 2.48. The maximum Gasteiger partial charge on any atom is 0.322 e. The molecule has 3 fully saturated rings. The van der Waals surface area contributed by atoms with Gasteiger partial charge in [0.15, 0.2) is 0 Å². The third-order valence-corrected chi connectivity index (χ3v) is 6.63. The Morgan fingerprint density at radius 1 is 1.19 bits per heavy atom. The van der Waals surface area contributed by atoms with E-state index in [0.717, 1.165) is 0 Å². The molecule has 4 rings (SSSR count). The van der Waals surface area contributed by atoms with Gasteiger partial charge in [0.25, 0.3) is 5.91 Å². The molecule has 174 valence electrons. The molecule has 1 aromatic rings. The van der Waals surface area contributed by atoms with Gasteiger partial charge in [-0.1, -0.05) is 0 Å². The number of anilines is 2. The SMILES string of the molecule is C[C@@H]1CN(c2ccc(NC(=O)N3CCC([C@@]4(C)NC(=O)NC4=O)CC3)cc2F)C[C@H](C)O1. The highest BCUT2D eigenvalue weighted by molar-refractivity contribution is 6.07. The molecule has 32 heavy (non-hydrogen) atoms. The first-order valence-corrected chi connectivity index (χ1v) is 11.0. The number of likely N-dealkylation sites (tertiary alicyclic amines) is 1. The second-order valence-corrected chi connectivity index (χ2v) is 9.13. The van der Waals surface area contributed by atoms with Crippen LogP contribution in [0.2, 0.25) is 0 Å². The molecule has 0 bridgehead atoms. The number of halogens is 1. The molecule has 3 N–H and O–H groups in total. The van der Waals surface area contributed by atoms with Crippen LogP contribution in [0.1, 0.15) is 33.6 Å². The number of benzene rings is 1. The summed E-state index contributed by atoms with van der Waals surface area (Å²) < 4.78 is 20.5. The molecule has 0 aromatic heterocycles. The van der Waals surface area contributed by atoms with Gasteiger partial charge in [-0.15, -0.1) is 0 Å². The average Bonchev–Trinajstić information content (AvgIpc) is 2.99. The number of carbonyl (C=O) groups is 3. The number of nitrogens with zero attached hydrogens (tertiary/aromatic N) is 2. The Morgan fingerprint density at radius 3 is 2.41 bits per heavy atom. The van der Waals surface area contributed by atoms with Crippen molar-refractivity contribution in [3.8, 4) is 0 Å². The lowest BCUT2D eigenvalue weighted by molar-refractivity contribution is -0.125. The van der Waals surface area contributed by atoms with Gasteiger partial charge in [0.2, 0.25) is 0 Å². The predicted octanol–water partition coefficient (Wildman–Crippen LogP) is 2.28. The van der Waals surface area contributed by atoms with Crippen molar-refractivity contribution in [2.75, 3.05) is 36.4 Å². The monoisotopic (exact) mass is 447 g/mol. The van der Waals surface area contributed by atoms with Gasteiger partial charge in [-0.2, -0.15) is 0 Å². The molecule has 0 saturated carbocycles. The number of piperidine rings is 1. The summed E-state index contributed by atoms with van der Waals surface area (Å²) in [7, 11) is 0. The maximum absolute atomic E-state index is 14.8. The van der Waals surface area contributed by atoms with Gasteiger partial charge in [0.1, 0.15) is 11.4 Å². The van der Waals surface area contributed by atoms with Crippen LogP contribution in [0.5, 0.6) is 0 Å². The quantitative estimate of drug-likeness (QED) is 0.617. The fourth-order valence-corrected chi connectivity index (χ4v) is 4.92. The van der Waals surface area contributed by atoms with Crippen LogP contribution < -0.4 is 20.9 Å². The zero-order valence-electron chi connectivity index (χ0n) is 18.6. The largest absolute Gasteiger partial charge is 0.372 e. The van der Waals surface area contributed by atoms with E-state index < -0.39 is 17.4 Å². The zero-order chi connectivity index (χ0) is 23.0. The van der Waals surface area contributed by atoms with E-state index in [1.165, 1.54) is 6.07 Å². The van der Waals surface area contributed by atoms with Gasteiger partial charge in [0.05, 0.1) is 17.9 Å². The molecular formula is C22H30FN5O4. The number of ether oxygens (including phenoxy) is 1. The lowest BCUT2D eigenvalue weighted by Crippen LogP contribution is -2.54. The lowest BCUT2D eigenvalue weighted by Gasteiger charge is -2.38. The van der Waals surface area contributed by atoms with Crippen LogP contribution in [0.25, 0.3) is 0 Å². The van der Waals surface area contributed by atoms with Crippen molar-refractivity contribution >= 4 is 29.3 Å². The van der Waals surface area contributed by atoms with Crippen LogP contribution in [0.4, 0.5) is 25.4 Å². The van der Waals surface area contributed by atoms with Gasteiger partial charge in [-0.25, -0.2) is 14.0 Å². The normalized spacial score (nSPS) is 29.0. The highest BCUT2D eigenvalue weighted by Crippen LogP contribution is 2.31. The number of rotatable bonds is 3. The van der Waals surface area contributed by atoms with Gasteiger partial charge in [-0.05, 0) is 57.7 Å². The van der Waals surface area contributed by atoms with E-state index in [9.17, 15) is 18.8 Å². The Bertz CT molecular complexity index is 910. The maximum atomic E-state index is 14.8. The third kappa shape index (κ3) is 4.36. The summed E-state index contributed by atoms with van der Waals surface area (Å²) in [6, 6.07) is 3.93. The first kappa shape index (κ1) is 22.3. The highest BCUT2D eigenvalue weighted by atomic mass is 19.1. The number of hydrogen-bond donors (Lipinski definition) is 3. The number of amides is 5. The molecule has 0 aliphatic carbocycles. The fourth-order valence-electron chi connectivity index (χ4n) is 4.92. The standard InChI is InChI=1S/C22H30FN5O4/c1-13-11-28(12-14(2)32-13)18-5-4-16(10-17(18)23)24-21(31)27-8-6-15(7-9-27)22(3)19(29)25-20(30)26-22/h4-5,10,13-15H,6-9,11-12H2,1-3H3,(H,24,31)(H2,25,26,29,30)/t13-,14+,22-/m1/s1. The topological polar surface area (TPSA) is 103 Å². The predicted molar refractivity (Wildman–Crippen MR) is 117 cm³/mol. The number of hydrogen-bond acceptors (Lipinski definition) is 5. The number of urea groups is 2. The van der Waals surface area contributed by atoms with Gasteiger partial charge in [-0.3, -0.25) is 10.1 Å². The zero-order valence-corrected chi connectivity index (χ0v) is 18.6. The number of imide groups is 1. The number of carbonyl (C=O) groups excluding carboxylic acids is 3. The average molecular weight is 448 g/mol. The Balaban J connectivity index is 1.34. The fraction of sp³-hybridized carbons (Fsp3) is 0.591. The van der Waals surface area contributed by atoms with Crippen molar-refractivity contribution in [3.63, 3.8) is 0 Å². The van der Waals surface area contributed by atoms with Crippen molar-refractivity contribution < 1.29 is 23.5 Å². The Morgan fingerprint density at radius 2 is 1.84 bits per heavy atom. The molecule has 3 atom stereocenters. The molecule has 0 unspecified atom stereocenters. The van der Waals surface area contributed by atoms with E-state index in [2.05, 4.69) is 16.0 Å². The first-order valence-electron chi connectivity index (χ1n) is 11.0. The molecular weight excluding hydrogens is 417 g/mol. The van der Waals surface area contributed by atoms with E-state index >= 15 is 0 Å². The summed E-state index contributed by atoms with van der Waals surface area (Å²) in [4.78, 5) is 40.0. The molecule has 3 saturated heterocycles. The Labute approximate surface area is 186 Å². The second kappa shape index (κ2) is 8.57. The summed E-state index contributed by atoms with van der Waals surface area (Å²) in [5.41, 5.74) is -0.0642. The molecule has 3 heterocycles. The van der Waals surface area contributed by atoms with Gasteiger partial charge in [0, 0.05) is 31.9 Å². The van der Waals surface area contributed by atoms with E-state index in [4.69, 9.17) is 4.74 Å². The summed E-state index contributed by atoms with van der Waals surface area (Å²) in [5.74, 6) is -0.781. The number of morpholine rings is 1. The van der Waals surface area contributed by atoms with E-state index in [1.54, 1.807) is 24.0 Å². The minimum absolute atomic E-state index is 0.0198. The molecule has 10 heteroatoms. The Hall–Kier alpha value is -2.88. The number of nitrogens with one attached hydrogen (secondary N) is 3. The molecule has 9 nitrogen and oxygen atoms in total. The van der Waals surface area contributed by atoms with Crippen LogP contribution in [0.15, 0.2) is 18.2 Å². The third-order valence-electron chi connectivity index (χ3n) is 6.63. The first-order chi connectivity index (χ1) is 15.2. The smallest absolute Gasteiger partial charge is 0.322 e. The van der Waals surface area contributed by atoms with Crippen LogP contribution in [-0.2, 0) is 9.53 Å². The minimum atomic E-state index is -0.951. The minimum Gasteiger partial charge on any atom is -0.372 e. The van der Waals surface area contributed by atoms with Gasteiger partial charge < -0.3 is 25.2 Å². The van der Waals surface area contributed by atoms with Crippen molar-refractivity contribution in [3.05, 3.63) is 24.0 Å². The van der Waals surface area contributed by atoms with E-state index in [-0.39, 0.29) is 30.1 Å². The van der Waals surface area contributed by atoms with Crippen molar-refractivity contribution in [1.82, 2.24) is 15.5 Å². The molecule has 0 radical (unpaired) electrons. The van der Waals surface area contributed by atoms with Crippen LogP contribution in [-0.4, -0.2) is 66.8 Å². The Kier molecular flexibility index (Phi) is 5.98.